The Bertz CT molecular complexity index is 775. The zero-order chi connectivity index (χ0) is 18.1. The van der Waals surface area contributed by atoms with Crippen molar-refractivity contribution in [2.24, 2.45) is 5.10 Å². The second-order valence-electron chi connectivity index (χ2n) is 5.46. The van der Waals surface area contributed by atoms with Gasteiger partial charge in [0.1, 0.15) is 5.75 Å². The summed E-state index contributed by atoms with van der Waals surface area (Å²) in [6.45, 7) is 1.92. The van der Waals surface area contributed by atoms with Crippen molar-refractivity contribution in [2.75, 3.05) is 19.2 Å². The highest BCUT2D eigenvalue weighted by molar-refractivity contribution is 6.04. The number of hydrazone groups is 1. The largest absolute Gasteiger partial charge is 0.497 e. The third-order valence-corrected chi connectivity index (χ3v) is 3.58. The molecule has 0 saturated carbocycles. The summed E-state index contributed by atoms with van der Waals surface area (Å²) >= 11 is 0. The summed E-state index contributed by atoms with van der Waals surface area (Å²) in [5.74, 6) is 0.684. The van der Waals surface area contributed by atoms with E-state index in [0.717, 1.165) is 17.0 Å². The van der Waals surface area contributed by atoms with E-state index in [1.54, 1.807) is 54.8 Å². The highest BCUT2D eigenvalue weighted by Gasteiger charge is 2.01. The molecule has 0 fully saturated rings. The molecule has 25 heavy (non-hydrogen) atoms. The minimum Gasteiger partial charge on any atom is -0.497 e. The van der Waals surface area contributed by atoms with Crippen molar-refractivity contribution in [1.82, 2.24) is 0 Å². The van der Waals surface area contributed by atoms with Crippen molar-refractivity contribution in [1.29, 1.82) is 0 Å². The third kappa shape index (κ3) is 5.77. The van der Waals surface area contributed by atoms with E-state index in [-0.39, 0.29) is 5.78 Å². The molecular weight excluding hydrogens is 312 g/mol. The molecule has 128 valence electrons. The van der Waals surface area contributed by atoms with E-state index in [4.69, 9.17) is 4.74 Å². The quantitative estimate of drug-likeness (QED) is 0.246. The van der Waals surface area contributed by atoms with Gasteiger partial charge in [0.15, 0.2) is 5.78 Å². The van der Waals surface area contributed by atoms with Gasteiger partial charge in [-0.3, -0.25) is 9.80 Å². The Hall–Kier alpha value is -3.14. The van der Waals surface area contributed by atoms with Crippen molar-refractivity contribution in [2.45, 2.75) is 6.92 Å². The first-order chi connectivity index (χ1) is 12.1. The molecular formula is C21H22N2O2. The van der Waals surface area contributed by atoms with Crippen LogP contribution in [0.5, 0.6) is 5.75 Å². The second-order valence-corrected chi connectivity index (χ2v) is 5.46. The van der Waals surface area contributed by atoms with Gasteiger partial charge in [-0.05, 0) is 61.0 Å². The molecule has 4 nitrogen and oxygen atoms in total. The van der Waals surface area contributed by atoms with Crippen LogP contribution in [0.2, 0.25) is 0 Å². The molecule has 0 saturated heterocycles. The Morgan fingerprint density at radius 1 is 1.04 bits per heavy atom. The fourth-order valence-corrected chi connectivity index (χ4v) is 2.08. The van der Waals surface area contributed by atoms with Crippen LogP contribution < -0.4 is 9.75 Å². The van der Waals surface area contributed by atoms with E-state index < -0.39 is 0 Å². The first-order valence-corrected chi connectivity index (χ1v) is 7.96. The molecule has 4 heteroatoms. The number of carbonyl (C=O) groups is 1. The fourth-order valence-electron chi connectivity index (χ4n) is 2.08. The van der Waals surface area contributed by atoms with Crippen LogP contribution >= 0.6 is 0 Å². The van der Waals surface area contributed by atoms with Crippen molar-refractivity contribution in [3.05, 3.63) is 84.0 Å². The van der Waals surface area contributed by atoms with Crippen LogP contribution in [0.15, 0.2) is 83.5 Å². The van der Waals surface area contributed by atoms with Gasteiger partial charge in [0.25, 0.3) is 0 Å². The normalized spacial score (nSPS) is 11.9. The summed E-state index contributed by atoms with van der Waals surface area (Å²) in [5, 5.41) is 6.13. The molecule has 0 aliphatic carbocycles. The molecule has 0 N–H and O–H groups in total. The van der Waals surface area contributed by atoms with Gasteiger partial charge in [0.05, 0.1) is 12.8 Å². The summed E-state index contributed by atoms with van der Waals surface area (Å²) in [4.78, 5) is 12.1. The summed E-state index contributed by atoms with van der Waals surface area (Å²) in [5.41, 5.74) is 2.57. The van der Waals surface area contributed by atoms with Crippen LogP contribution in [0.3, 0.4) is 0 Å². The SMILES string of the molecule is COc1ccc(C(=O)\C=C/C(C)=C/C=N/N(C)c2ccccc2)cc1. The first-order valence-electron chi connectivity index (χ1n) is 7.96. The van der Waals surface area contributed by atoms with Gasteiger partial charge >= 0.3 is 0 Å². The summed E-state index contributed by atoms with van der Waals surface area (Å²) in [6, 6.07) is 16.9. The molecule has 0 aliphatic rings. The monoisotopic (exact) mass is 334 g/mol. The van der Waals surface area contributed by atoms with Crippen LogP contribution in [0.25, 0.3) is 0 Å². The molecule has 0 spiro atoms. The molecule has 0 amide bonds. The van der Waals surface area contributed by atoms with Crippen LogP contribution in [-0.2, 0) is 0 Å². The van der Waals surface area contributed by atoms with Gasteiger partial charge in [-0.1, -0.05) is 24.3 Å². The Kier molecular flexibility index (Phi) is 6.72. The predicted octanol–water partition coefficient (Wildman–Crippen LogP) is 4.50. The topological polar surface area (TPSA) is 41.9 Å². The van der Waals surface area contributed by atoms with Gasteiger partial charge in [0, 0.05) is 18.8 Å². The molecule has 0 atom stereocenters. The lowest BCUT2D eigenvalue weighted by Gasteiger charge is -2.11. The van der Waals surface area contributed by atoms with Crippen LogP contribution in [0.4, 0.5) is 5.69 Å². The van der Waals surface area contributed by atoms with Crippen molar-refractivity contribution in [3.63, 3.8) is 0 Å². The number of methoxy groups -OCH3 is 1. The number of ketones is 1. The Labute approximate surface area is 148 Å². The highest BCUT2D eigenvalue weighted by atomic mass is 16.5. The van der Waals surface area contributed by atoms with Crippen LogP contribution in [0.1, 0.15) is 17.3 Å². The lowest BCUT2D eigenvalue weighted by molar-refractivity contribution is 0.104. The maximum absolute atomic E-state index is 12.1. The number of carbonyl (C=O) groups excluding carboxylic acids is 1. The Morgan fingerprint density at radius 2 is 1.72 bits per heavy atom. The number of para-hydroxylation sites is 1. The predicted molar refractivity (Wildman–Crippen MR) is 104 cm³/mol. The van der Waals surface area contributed by atoms with Crippen LogP contribution in [-0.4, -0.2) is 26.2 Å². The van der Waals surface area contributed by atoms with E-state index in [0.29, 0.717) is 5.56 Å². The van der Waals surface area contributed by atoms with Crippen molar-refractivity contribution < 1.29 is 9.53 Å². The number of anilines is 1. The first kappa shape index (κ1) is 18.2. The average Bonchev–Trinajstić information content (AvgIpc) is 2.66. The molecule has 2 rings (SSSR count). The molecule has 2 aromatic rings. The van der Waals surface area contributed by atoms with Crippen molar-refractivity contribution in [3.8, 4) is 5.75 Å². The Balaban J connectivity index is 1.94. The minimum atomic E-state index is -0.0475. The molecule has 0 aromatic heterocycles. The van der Waals surface area contributed by atoms with E-state index >= 15 is 0 Å². The molecule has 0 aliphatic heterocycles. The van der Waals surface area contributed by atoms with Gasteiger partial charge in [-0.15, -0.1) is 0 Å². The number of hydrogen-bond donors (Lipinski definition) is 0. The number of nitrogens with zero attached hydrogens (tertiary/aromatic N) is 2. The average molecular weight is 334 g/mol. The summed E-state index contributed by atoms with van der Waals surface area (Å²) in [7, 11) is 3.49. The van der Waals surface area contributed by atoms with E-state index in [1.807, 2.05) is 50.4 Å². The highest BCUT2D eigenvalue weighted by Crippen LogP contribution is 2.12. The number of rotatable bonds is 7. The maximum Gasteiger partial charge on any atom is 0.185 e. The number of allylic oxidation sites excluding steroid dienone is 4. The summed E-state index contributed by atoms with van der Waals surface area (Å²) < 4.78 is 5.09. The molecule has 0 heterocycles. The van der Waals surface area contributed by atoms with Crippen LogP contribution in [0, 0.1) is 0 Å². The van der Waals surface area contributed by atoms with Crippen molar-refractivity contribution >= 4 is 17.7 Å². The molecule has 0 bridgehead atoms. The molecule has 2 aromatic carbocycles. The lowest BCUT2D eigenvalue weighted by Crippen LogP contribution is -2.07. The molecule has 0 radical (unpaired) electrons. The van der Waals surface area contributed by atoms with Gasteiger partial charge in [-0.25, -0.2) is 0 Å². The van der Waals surface area contributed by atoms with E-state index in [1.165, 1.54) is 0 Å². The second kappa shape index (κ2) is 9.23. The standard InChI is InChI=1S/C21H22N2O2/c1-17(15-16-22-23(2)19-7-5-4-6-8-19)9-14-21(24)18-10-12-20(25-3)13-11-18/h4-16H,1-3H3/b14-9-,17-15+,22-16+. The number of hydrogen-bond acceptors (Lipinski definition) is 4. The minimum absolute atomic E-state index is 0.0475. The van der Waals surface area contributed by atoms with Gasteiger partial charge in [-0.2, -0.15) is 5.10 Å². The Morgan fingerprint density at radius 3 is 2.36 bits per heavy atom. The number of ether oxygens (including phenoxy) is 1. The zero-order valence-corrected chi connectivity index (χ0v) is 14.7. The zero-order valence-electron chi connectivity index (χ0n) is 14.7. The van der Waals surface area contributed by atoms with Gasteiger partial charge in [0.2, 0.25) is 0 Å². The van der Waals surface area contributed by atoms with E-state index in [2.05, 4.69) is 5.10 Å². The third-order valence-electron chi connectivity index (χ3n) is 3.58. The number of benzene rings is 2. The summed E-state index contributed by atoms with van der Waals surface area (Å²) in [6.07, 6.45) is 6.91. The lowest BCUT2D eigenvalue weighted by atomic mass is 10.1. The van der Waals surface area contributed by atoms with E-state index in [9.17, 15) is 4.79 Å². The fraction of sp³-hybridized carbons (Fsp3) is 0.143. The van der Waals surface area contributed by atoms with Gasteiger partial charge < -0.3 is 4.74 Å². The molecule has 0 unspecified atom stereocenters. The maximum atomic E-state index is 12.1. The smallest absolute Gasteiger partial charge is 0.185 e.